The number of unbranched alkanes of at least 4 members (excludes halogenated alkanes) is 1. The molecular formula is C12H14ClN3S. The maximum absolute atomic E-state index is 5.84. The molecule has 0 saturated heterocycles. The van der Waals surface area contributed by atoms with Crippen LogP contribution in [-0.2, 0) is 0 Å². The average Bonchev–Trinajstić information content (AvgIpc) is 2.79. The molecule has 0 bridgehead atoms. The second-order valence-corrected chi connectivity index (χ2v) is 5.17. The monoisotopic (exact) mass is 267 g/mol. The number of hydrogen-bond acceptors (Lipinski definition) is 3. The van der Waals surface area contributed by atoms with E-state index in [1.54, 1.807) is 11.8 Å². The van der Waals surface area contributed by atoms with E-state index in [4.69, 9.17) is 11.6 Å². The van der Waals surface area contributed by atoms with Gasteiger partial charge >= 0.3 is 0 Å². The summed E-state index contributed by atoms with van der Waals surface area (Å²) in [5, 5.41) is 8.66. The molecule has 17 heavy (non-hydrogen) atoms. The Morgan fingerprint density at radius 1 is 1.29 bits per heavy atom. The Bertz CT molecular complexity index is 467. The molecule has 90 valence electrons. The van der Waals surface area contributed by atoms with E-state index >= 15 is 0 Å². The highest BCUT2D eigenvalue weighted by molar-refractivity contribution is 7.99. The Morgan fingerprint density at radius 3 is 2.76 bits per heavy atom. The zero-order chi connectivity index (χ0) is 12.1. The molecule has 0 spiro atoms. The number of halogens is 1. The van der Waals surface area contributed by atoms with E-state index in [1.165, 1.54) is 12.8 Å². The van der Waals surface area contributed by atoms with E-state index in [-0.39, 0.29) is 0 Å². The normalized spacial score (nSPS) is 10.7. The van der Waals surface area contributed by atoms with Crippen molar-refractivity contribution in [3.05, 3.63) is 29.3 Å². The molecule has 1 aromatic heterocycles. The average molecular weight is 268 g/mol. The quantitative estimate of drug-likeness (QED) is 0.657. The van der Waals surface area contributed by atoms with Crippen molar-refractivity contribution in [2.45, 2.75) is 24.9 Å². The van der Waals surface area contributed by atoms with E-state index in [0.717, 1.165) is 27.3 Å². The molecular weight excluding hydrogens is 254 g/mol. The van der Waals surface area contributed by atoms with Crippen LogP contribution in [0.5, 0.6) is 0 Å². The Balaban J connectivity index is 2.04. The first kappa shape index (κ1) is 12.5. The summed E-state index contributed by atoms with van der Waals surface area (Å²) in [6.07, 6.45) is 2.39. The highest BCUT2D eigenvalue weighted by Crippen LogP contribution is 2.21. The number of H-pyrrole nitrogens is 1. The minimum Gasteiger partial charge on any atom is -0.258 e. The van der Waals surface area contributed by atoms with Crippen molar-refractivity contribution in [2.75, 3.05) is 5.75 Å². The molecule has 1 heterocycles. The smallest absolute Gasteiger partial charge is 0.208 e. The Labute approximate surface area is 110 Å². The Morgan fingerprint density at radius 2 is 2.06 bits per heavy atom. The van der Waals surface area contributed by atoms with Gasteiger partial charge in [0.15, 0.2) is 5.82 Å². The van der Waals surface area contributed by atoms with Crippen LogP contribution in [0.15, 0.2) is 29.4 Å². The van der Waals surface area contributed by atoms with Crippen LogP contribution in [0.4, 0.5) is 0 Å². The van der Waals surface area contributed by atoms with E-state index < -0.39 is 0 Å². The number of aromatic nitrogens is 3. The van der Waals surface area contributed by atoms with Gasteiger partial charge in [-0.15, -0.1) is 5.10 Å². The number of benzene rings is 1. The molecule has 5 heteroatoms. The third-order valence-electron chi connectivity index (χ3n) is 2.31. The SMILES string of the molecule is CCCCSc1n[nH]c(-c2ccc(Cl)cc2)n1. The Hall–Kier alpha value is -1.00. The maximum Gasteiger partial charge on any atom is 0.208 e. The number of nitrogens with zero attached hydrogens (tertiary/aromatic N) is 2. The second-order valence-electron chi connectivity index (χ2n) is 3.68. The fourth-order valence-corrected chi connectivity index (χ4v) is 2.36. The van der Waals surface area contributed by atoms with Crippen molar-refractivity contribution in [3.8, 4) is 11.4 Å². The minimum absolute atomic E-state index is 0.728. The molecule has 2 rings (SSSR count). The van der Waals surface area contributed by atoms with Gasteiger partial charge in [0.1, 0.15) is 0 Å². The van der Waals surface area contributed by atoms with Gasteiger partial charge in [-0.25, -0.2) is 4.98 Å². The molecule has 1 N–H and O–H groups in total. The number of aromatic amines is 1. The van der Waals surface area contributed by atoms with Gasteiger partial charge in [0.2, 0.25) is 5.16 Å². The minimum atomic E-state index is 0.728. The molecule has 1 aromatic carbocycles. The number of rotatable bonds is 5. The summed E-state index contributed by atoms with van der Waals surface area (Å²) in [6.45, 7) is 2.18. The third-order valence-corrected chi connectivity index (χ3v) is 3.50. The van der Waals surface area contributed by atoms with Crippen LogP contribution in [0.3, 0.4) is 0 Å². The molecule has 0 radical (unpaired) electrons. The van der Waals surface area contributed by atoms with Gasteiger partial charge in [0, 0.05) is 16.3 Å². The summed E-state index contributed by atoms with van der Waals surface area (Å²) in [5.41, 5.74) is 1.00. The molecule has 0 amide bonds. The van der Waals surface area contributed by atoms with Crippen molar-refractivity contribution in [1.82, 2.24) is 15.2 Å². The summed E-state index contributed by atoms with van der Waals surface area (Å²) in [7, 11) is 0. The Kier molecular flexibility index (Phi) is 4.45. The first-order valence-corrected chi connectivity index (χ1v) is 6.97. The van der Waals surface area contributed by atoms with Crippen LogP contribution in [0.1, 0.15) is 19.8 Å². The zero-order valence-electron chi connectivity index (χ0n) is 9.61. The van der Waals surface area contributed by atoms with Gasteiger partial charge in [-0.05, 0) is 30.7 Å². The van der Waals surface area contributed by atoms with E-state index in [9.17, 15) is 0 Å². The van der Waals surface area contributed by atoms with Gasteiger partial charge < -0.3 is 0 Å². The summed E-state index contributed by atoms with van der Waals surface area (Å²) >= 11 is 7.52. The highest BCUT2D eigenvalue weighted by Gasteiger charge is 2.05. The third kappa shape index (κ3) is 3.48. The zero-order valence-corrected chi connectivity index (χ0v) is 11.2. The van der Waals surface area contributed by atoms with E-state index in [2.05, 4.69) is 22.1 Å². The molecule has 3 nitrogen and oxygen atoms in total. The fraction of sp³-hybridized carbons (Fsp3) is 0.333. The van der Waals surface area contributed by atoms with Gasteiger partial charge in [-0.1, -0.05) is 36.7 Å². The molecule has 0 aliphatic rings. The lowest BCUT2D eigenvalue weighted by molar-refractivity contribution is 0.889. The number of hydrogen-bond donors (Lipinski definition) is 1. The predicted octanol–water partition coefficient (Wildman–Crippen LogP) is 4.02. The fourth-order valence-electron chi connectivity index (χ4n) is 1.36. The second kappa shape index (κ2) is 6.07. The summed E-state index contributed by atoms with van der Waals surface area (Å²) < 4.78 is 0. The van der Waals surface area contributed by atoms with Crippen molar-refractivity contribution < 1.29 is 0 Å². The van der Waals surface area contributed by atoms with Crippen LogP contribution in [-0.4, -0.2) is 20.9 Å². The lowest BCUT2D eigenvalue weighted by atomic mass is 10.2. The van der Waals surface area contributed by atoms with Crippen LogP contribution < -0.4 is 0 Å². The van der Waals surface area contributed by atoms with Gasteiger partial charge in [0.05, 0.1) is 0 Å². The first-order chi connectivity index (χ1) is 8.29. The summed E-state index contributed by atoms with van der Waals surface area (Å²) in [5.74, 6) is 1.86. The molecule has 0 aliphatic heterocycles. The standard InChI is InChI=1S/C12H14ClN3S/c1-2-3-8-17-12-14-11(15-16-12)9-4-6-10(13)7-5-9/h4-7H,2-3,8H2,1H3,(H,14,15,16). The lowest BCUT2D eigenvalue weighted by Crippen LogP contribution is -1.81. The maximum atomic E-state index is 5.84. The predicted molar refractivity (Wildman–Crippen MR) is 72.5 cm³/mol. The van der Waals surface area contributed by atoms with Crippen molar-refractivity contribution in [3.63, 3.8) is 0 Å². The van der Waals surface area contributed by atoms with Crippen molar-refractivity contribution >= 4 is 23.4 Å². The molecule has 0 aliphatic carbocycles. The first-order valence-electron chi connectivity index (χ1n) is 5.60. The van der Waals surface area contributed by atoms with E-state index in [0.29, 0.717) is 0 Å². The van der Waals surface area contributed by atoms with Crippen LogP contribution in [0, 0.1) is 0 Å². The molecule has 2 aromatic rings. The van der Waals surface area contributed by atoms with Crippen LogP contribution in [0.25, 0.3) is 11.4 Å². The highest BCUT2D eigenvalue weighted by atomic mass is 35.5. The van der Waals surface area contributed by atoms with Gasteiger partial charge in [-0.2, -0.15) is 0 Å². The van der Waals surface area contributed by atoms with Crippen molar-refractivity contribution in [2.24, 2.45) is 0 Å². The van der Waals surface area contributed by atoms with Crippen molar-refractivity contribution in [1.29, 1.82) is 0 Å². The number of thioether (sulfide) groups is 1. The van der Waals surface area contributed by atoms with Gasteiger partial charge in [0.25, 0.3) is 0 Å². The lowest BCUT2D eigenvalue weighted by Gasteiger charge is -1.95. The van der Waals surface area contributed by atoms with Crippen LogP contribution in [0.2, 0.25) is 5.02 Å². The molecule has 0 atom stereocenters. The summed E-state index contributed by atoms with van der Waals surface area (Å²) in [6, 6.07) is 7.57. The number of nitrogens with one attached hydrogen (secondary N) is 1. The van der Waals surface area contributed by atoms with Crippen LogP contribution >= 0.6 is 23.4 Å². The topological polar surface area (TPSA) is 41.6 Å². The summed E-state index contributed by atoms with van der Waals surface area (Å²) in [4.78, 5) is 4.44. The largest absolute Gasteiger partial charge is 0.258 e. The van der Waals surface area contributed by atoms with Gasteiger partial charge in [-0.3, -0.25) is 5.10 Å². The molecule has 0 saturated carbocycles. The molecule has 0 fully saturated rings. The molecule has 0 unspecified atom stereocenters. The van der Waals surface area contributed by atoms with E-state index in [1.807, 2.05) is 24.3 Å².